The van der Waals surface area contributed by atoms with Crippen molar-refractivity contribution in [3.63, 3.8) is 0 Å². The van der Waals surface area contributed by atoms with Crippen molar-refractivity contribution in [1.29, 1.82) is 0 Å². The predicted molar refractivity (Wildman–Crippen MR) is 77.8 cm³/mol. The zero-order chi connectivity index (χ0) is 14.5. The third-order valence-electron chi connectivity index (χ3n) is 2.68. The van der Waals surface area contributed by atoms with E-state index in [1.807, 2.05) is 13.8 Å². The Bertz CT molecular complexity index is 586. The first kappa shape index (κ1) is 13.9. The lowest BCUT2D eigenvalue weighted by atomic mass is 10.2. The van der Waals surface area contributed by atoms with Crippen LogP contribution >= 0.6 is 0 Å². The molecule has 2 aromatic rings. The molecule has 3 N–H and O–H groups in total. The van der Waals surface area contributed by atoms with Crippen molar-refractivity contribution >= 4 is 17.5 Å². The van der Waals surface area contributed by atoms with Crippen molar-refractivity contribution in [1.82, 2.24) is 10.3 Å². The molecule has 0 unspecified atom stereocenters. The minimum absolute atomic E-state index is 0.0930. The summed E-state index contributed by atoms with van der Waals surface area (Å²) in [5.74, 6) is -0.311. The van der Waals surface area contributed by atoms with Gasteiger partial charge < -0.3 is 15.6 Å². The lowest BCUT2D eigenvalue weighted by molar-refractivity contribution is 0.0942. The number of hydrogen-bond acceptors (Lipinski definition) is 2. The molecule has 1 heterocycles. The van der Waals surface area contributed by atoms with Crippen LogP contribution in [0.2, 0.25) is 0 Å². The highest BCUT2D eigenvalue weighted by atomic mass is 16.2. The summed E-state index contributed by atoms with van der Waals surface area (Å²) >= 11 is 0. The van der Waals surface area contributed by atoms with Gasteiger partial charge in [0.15, 0.2) is 0 Å². The van der Waals surface area contributed by atoms with E-state index in [-0.39, 0.29) is 17.9 Å². The predicted octanol–water partition coefficient (Wildman–Crippen LogP) is 2.41. The van der Waals surface area contributed by atoms with Crippen LogP contribution < -0.4 is 10.6 Å². The standard InChI is InChI=1S/C15H17N3O2/c1-10(2)17-14(19)11-3-5-13(6-4-11)18-15(20)12-7-8-16-9-12/h3-10,16H,1-2H3,(H,17,19)(H,18,20). The Morgan fingerprint density at radius 2 is 1.70 bits per heavy atom. The number of carbonyl (C=O) groups excluding carboxylic acids is 2. The minimum Gasteiger partial charge on any atom is -0.367 e. The number of rotatable bonds is 4. The quantitative estimate of drug-likeness (QED) is 0.799. The lowest BCUT2D eigenvalue weighted by Crippen LogP contribution is -2.29. The van der Waals surface area contributed by atoms with Crippen molar-refractivity contribution in [2.75, 3.05) is 5.32 Å². The van der Waals surface area contributed by atoms with Crippen LogP contribution in [-0.4, -0.2) is 22.8 Å². The highest BCUT2D eigenvalue weighted by Crippen LogP contribution is 2.11. The Kier molecular flexibility index (Phi) is 4.20. The number of aromatic nitrogens is 1. The van der Waals surface area contributed by atoms with Gasteiger partial charge in [0.25, 0.3) is 11.8 Å². The maximum atomic E-state index is 11.8. The number of benzene rings is 1. The average Bonchev–Trinajstić information content (AvgIpc) is 2.92. The molecule has 2 amide bonds. The molecule has 2 rings (SSSR count). The summed E-state index contributed by atoms with van der Waals surface area (Å²) in [7, 11) is 0. The van der Waals surface area contributed by atoms with Crippen LogP contribution in [0.5, 0.6) is 0 Å². The second-order valence-corrected chi connectivity index (χ2v) is 4.76. The fraction of sp³-hybridized carbons (Fsp3) is 0.200. The molecule has 0 atom stereocenters. The van der Waals surface area contributed by atoms with Crippen LogP contribution in [0.15, 0.2) is 42.7 Å². The van der Waals surface area contributed by atoms with Gasteiger partial charge >= 0.3 is 0 Å². The molecular weight excluding hydrogens is 254 g/mol. The van der Waals surface area contributed by atoms with Crippen molar-refractivity contribution in [2.24, 2.45) is 0 Å². The minimum atomic E-state index is -0.189. The van der Waals surface area contributed by atoms with Crippen LogP contribution in [0.3, 0.4) is 0 Å². The Morgan fingerprint density at radius 3 is 2.25 bits per heavy atom. The van der Waals surface area contributed by atoms with Crippen LogP contribution in [0.25, 0.3) is 0 Å². The van der Waals surface area contributed by atoms with Gasteiger partial charge in [-0.1, -0.05) is 0 Å². The summed E-state index contributed by atoms with van der Waals surface area (Å²) in [6.45, 7) is 3.81. The molecule has 1 aromatic heterocycles. The molecule has 0 aliphatic heterocycles. The van der Waals surface area contributed by atoms with Gasteiger partial charge in [0.1, 0.15) is 0 Å². The molecule has 5 nitrogen and oxygen atoms in total. The van der Waals surface area contributed by atoms with Gasteiger partial charge in [-0.3, -0.25) is 9.59 Å². The largest absolute Gasteiger partial charge is 0.367 e. The van der Waals surface area contributed by atoms with Crippen molar-refractivity contribution in [2.45, 2.75) is 19.9 Å². The molecule has 0 spiro atoms. The molecule has 0 bridgehead atoms. The first-order valence-electron chi connectivity index (χ1n) is 6.41. The summed E-state index contributed by atoms with van der Waals surface area (Å²) in [5.41, 5.74) is 1.78. The van der Waals surface area contributed by atoms with Crippen molar-refractivity contribution in [3.05, 3.63) is 53.9 Å². The van der Waals surface area contributed by atoms with Crippen LogP contribution in [0.4, 0.5) is 5.69 Å². The van der Waals surface area contributed by atoms with Gasteiger partial charge in [0.2, 0.25) is 0 Å². The number of anilines is 1. The third kappa shape index (κ3) is 3.47. The number of aromatic amines is 1. The first-order chi connectivity index (χ1) is 9.56. The molecular formula is C15H17N3O2. The highest BCUT2D eigenvalue weighted by molar-refractivity contribution is 6.04. The second-order valence-electron chi connectivity index (χ2n) is 4.76. The van der Waals surface area contributed by atoms with Gasteiger partial charge in [-0.15, -0.1) is 0 Å². The number of H-pyrrole nitrogens is 1. The number of amides is 2. The molecule has 5 heteroatoms. The summed E-state index contributed by atoms with van der Waals surface area (Å²) in [4.78, 5) is 26.4. The van der Waals surface area contributed by atoms with E-state index >= 15 is 0 Å². The smallest absolute Gasteiger partial charge is 0.257 e. The fourth-order valence-electron chi connectivity index (χ4n) is 1.72. The molecule has 20 heavy (non-hydrogen) atoms. The topological polar surface area (TPSA) is 74.0 Å². The van der Waals surface area contributed by atoms with Gasteiger partial charge in [-0.2, -0.15) is 0 Å². The first-order valence-corrected chi connectivity index (χ1v) is 6.41. The van der Waals surface area contributed by atoms with E-state index in [2.05, 4.69) is 15.6 Å². The van der Waals surface area contributed by atoms with Crippen LogP contribution in [0, 0.1) is 0 Å². The molecule has 104 valence electrons. The van der Waals surface area contributed by atoms with E-state index in [9.17, 15) is 9.59 Å². The average molecular weight is 271 g/mol. The SMILES string of the molecule is CC(C)NC(=O)c1ccc(NC(=O)c2cc[nH]c2)cc1. The van der Waals surface area contributed by atoms with E-state index in [1.165, 1.54) is 0 Å². The number of carbonyl (C=O) groups is 2. The summed E-state index contributed by atoms with van der Waals surface area (Å²) in [5, 5.41) is 5.57. The summed E-state index contributed by atoms with van der Waals surface area (Å²) in [6, 6.07) is 8.57. The monoisotopic (exact) mass is 271 g/mol. The molecule has 0 radical (unpaired) electrons. The van der Waals surface area contributed by atoms with E-state index in [4.69, 9.17) is 0 Å². The van der Waals surface area contributed by atoms with Gasteiger partial charge in [-0.05, 0) is 44.2 Å². The number of hydrogen-bond donors (Lipinski definition) is 3. The fourth-order valence-corrected chi connectivity index (χ4v) is 1.72. The zero-order valence-electron chi connectivity index (χ0n) is 11.4. The van der Waals surface area contributed by atoms with E-state index in [0.717, 1.165) is 0 Å². The molecule has 0 saturated carbocycles. The summed E-state index contributed by atoms with van der Waals surface area (Å²) in [6.07, 6.45) is 3.31. The number of nitrogens with one attached hydrogen (secondary N) is 3. The van der Waals surface area contributed by atoms with E-state index in [1.54, 1.807) is 42.7 Å². The normalized spacial score (nSPS) is 10.3. The molecule has 0 aliphatic rings. The van der Waals surface area contributed by atoms with Crippen molar-refractivity contribution < 1.29 is 9.59 Å². The van der Waals surface area contributed by atoms with Crippen LogP contribution in [-0.2, 0) is 0 Å². The highest BCUT2D eigenvalue weighted by Gasteiger charge is 2.08. The van der Waals surface area contributed by atoms with Crippen molar-refractivity contribution in [3.8, 4) is 0 Å². The maximum absolute atomic E-state index is 11.8. The summed E-state index contributed by atoms with van der Waals surface area (Å²) < 4.78 is 0. The second kappa shape index (κ2) is 6.06. The van der Waals surface area contributed by atoms with Gasteiger partial charge in [0, 0.05) is 29.7 Å². The van der Waals surface area contributed by atoms with Crippen LogP contribution in [0.1, 0.15) is 34.6 Å². The lowest BCUT2D eigenvalue weighted by Gasteiger charge is -2.09. The van der Waals surface area contributed by atoms with E-state index in [0.29, 0.717) is 16.8 Å². The third-order valence-corrected chi connectivity index (χ3v) is 2.68. The Labute approximate surface area is 117 Å². The molecule has 0 saturated heterocycles. The Hall–Kier alpha value is -2.56. The van der Waals surface area contributed by atoms with Gasteiger partial charge in [-0.25, -0.2) is 0 Å². The Morgan fingerprint density at radius 1 is 1.00 bits per heavy atom. The Balaban J connectivity index is 2.01. The van der Waals surface area contributed by atoms with Gasteiger partial charge in [0.05, 0.1) is 5.56 Å². The zero-order valence-corrected chi connectivity index (χ0v) is 11.4. The molecule has 1 aromatic carbocycles. The van der Waals surface area contributed by atoms with E-state index < -0.39 is 0 Å². The molecule has 0 fully saturated rings. The maximum Gasteiger partial charge on any atom is 0.257 e. The molecule has 0 aliphatic carbocycles.